The Morgan fingerprint density at radius 3 is 2.20 bits per heavy atom. The predicted octanol–water partition coefficient (Wildman–Crippen LogP) is 3.65. The Bertz CT molecular complexity index is 1240. The van der Waals surface area contributed by atoms with Crippen LogP contribution < -0.4 is 14.5 Å². The molecule has 3 aromatic rings. The van der Waals surface area contributed by atoms with Crippen molar-refractivity contribution < 1.29 is 17.9 Å². The van der Waals surface area contributed by atoms with Crippen LogP contribution in [0.1, 0.15) is 16.7 Å². The average molecular weight is 494 g/mol. The number of benzene rings is 3. The van der Waals surface area contributed by atoms with Crippen LogP contribution >= 0.6 is 0 Å². The quantitative estimate of drug-likeness (QED) is 0.518. The topological polar surface area (TPSA) is 79.0 Å². The van der Waals surface area contributed by atoms with Crippen molar-refractivity contribution in [1.29, 1.82) is 0 Å². The van der Waals surface area contributed by atoms with Gasteiger partial charge < -0.3 is 15.0 Å². The number of morpholine rings is 1. The van der Waals surface area contributed by atoms with E-state index in [1.54, 1.807) is 42.5 Å². The first-order valence-corrected chi connectivity index (χ1v) is 13.1. The van der Waals surface area contributed by atoms with Crippen molar-refractivity contribution in [1.82, 2.24) is 5.32 Å². The summed E-state index contributed by atoms with van der Waals surface area (Å²) in [6.45, 7) is 6.98. The van der Waals surface area contributed by atoms with Gasteiger partial charge in [-0.1, -0.05) is 36.4 Å². The highest BCUT2D eigenvalue weighted by molar-refractivity contribution is 7.92. The van der Waals surface area contributed by atoms with Crippen LogP contribution in [0.5, 0.6) is 0 Å². The molecule has 1 aliphatic heterocycles. The van der Waals surface area contributed by atoms with Gasteiger partial charge in [-0.05, 0) is 66.9 Å². The zero-order valence-electron chi connectivity index (χ0n) is 20.1. The van der Waals surface area contributed by atoms with Crippen LogP contribution in [-0.4, -0.2) is 47.2 Å². The van der Waals surface area contributed by atoms with Crippen molar-refractivity contribution in [2.45, 2.75) is 25.3 Å². The molecule has 1 amide bonds. The van der Waals surface area contributed by atoms with Crippen LogP contribution in [-0.2, 0) is 26.1 Å². The molecule has 8 heteroatoms. The fourth-order valence-corrected chi connectivity index (χ4v) is 5.59. The molecule has 0 spiro atoms. The van der Waals surface area contributed by atoms with Crippen molar-refractivity contribution >= 4 is 27.3 Å². The lowest BCUT2D eigenvalue weighted by Crippen LogP contribution is -2.40. The summed E-state index contributed by atoms with van der Waals surface area (Å²) in [4.78, 5) is 15.3. The number of hydrogen-bond acceptors (Lipinski definition) is 5. The first-order chi connectivity index (χ1) is 16.8. The van der Waals surface area contributed by atoms with E-state index in [9.17, 15) is 13.2 Å². The van der Waals surface area contributed by atoms with Gasteiger partial charge in [0.1, 0.15) is 6.54 Å². The van der Waals surface area contributed by atoms with Gasteiger partial charge in [0.05, 0.1) is 23.8 Å². The predicted molar refractivity (Wildman–Crippen MR) is 138 cm³/mol. The average Bonchev–Trinajstić information content (AvgIpc) is 2.86. The normalized spacial score (nSPS) is 13.9. The maximum atomic E-state index is 13.5. The highest BCUT2D eigenvalue weighted by atomic mass is 32.2. The minimum Gasteiger partial charge on any atom is -0.378 e. The summed E-state index contributed by atoms with van der Waals surface area (Å²) in [5, 5.41) is 2.87. The lowest BCUT2D eigenvalue weighted by Gasteiger charge is -2.29. The number of hydrogen-bond donors (Lipinski definition) is 1. The molecule has 0 radical (unpaired) electrons. The smallest absolute Gasteiger partial charge is 0.264 e. The molecule has 0 aromatic heterocycles. The molecule has 0 unspecified atom stereocenters. The van der Waals surface area contributed by atoms with Gasteiger partial charge in [0.15, 0.2) is 0 Å². The number of rotatable bonds is 8. The molecule has 1 saturated heterocycles. The fourth-order valence-electron chi connectivity index (χ4n) is 4.16. The number of carbonyl (C=O) groups is 1. The van der Waals surface area contributed by atoms with E-state index in [2.05, 4.69) is 10.2 Å². The molecule has 1 aliphatic rings. The first kappa shape index (κ1) is 24.8. The number of nitrogens with one attached hydrogen (secondary N) is 1. The minimum absolute atomic E-state index is 0.144. The van der Waals surface area contributed by atoms with Crippen molar-refractivity contribution in [2.24, 2.45) is 0 Å². The van der Waals surface area contributed by atoms with Gasteiger partial charge in [0.2, 0.25) is 5.91 Å². The van der Waals surface area contributed by atoms with Crippen LogP contribution in [0.3, 0.4) is 0 Å². The summed E-state index contributed by atoms with van der Waals surface area (Å²) in [5.74, 6) is -0.374. The monoisotopic (exact) mass is 493 g/mol. The van der Waals surface area contributed by atoms with E-state index in [0.29, 0.717) is 12.2 Å². The Kier molecular flexibility index (Phi) is 7.73. The van der Waals surface area contributed by atoms with Crippen molar-refractivity contribution in [2.75, 3.05) is 42.1 Å². The van der Waals surface area contributed by atoms with E-state index in [1.807, 2.05) is 44.2 Å². The number of sulfonamides is 1. The Labute approximate surface area is 207 Å². The maximum absolute atomic E-state index is 13.5. The van der Waals surface area contributed by atoms with Gasteiger partial charge in [-0.15, -0.1) is 0 Å². The minimum atomic E-state index is -3.93. The molecule has 0 saturated carbocycles. The van der Waals surface area contributed by atoms with Gasteiger partial charge >= 0.3 is 0 Å². The third kappa shape index (κ3) is 6.21. The number of ether oxygens (including phenoxy) is 1. The van der Waals surface area contributed by atoms with Gasteiger partial charge in [0, 0.05) is 25.3 Å². The molecule has 0 aliphatic carbocycles. The van der Waals surface area contributed by atoms with Gasteiger partial charge in [-0.3, -0.25) is 9.10 Å². The van der Waals surface area contributed by atoms with Crippen LogP contribution in [0.25, 0.3) is 0 Å². The molecule has 3 aromatic carbocycles. The molecule has 1 N–H and O–H groups in total. The second kappa shape index (κ2) is 10.9. The molecular weight excluding hydrogens is 462 g/mol. The number of amides is 1. The molecule has 7 nitrogen and oxygen atoms in total. The van der Waals surface area contributed by atoms with Crippen LogP contribution in [0.15, 0.2) is 77.7 Å². The molecule has 184 valence electrons. The van der Waals surface area contributed by atoms with E-state index in [0.717, 1.165) is 48.7 Å². The Morgan fingerprint density at radius 1 is 0.943 bits per heavy atom. The standard InChI is InChI=1S/C27H31N3O4S/c1-21-16-22(2)18-25(17-21)30(35(32,33)26-6-4-3-5-7-26)20-27(31)28-19-23-8-10-24(11-9-23)29-12-14-34-15-13-29/h3-11,16-18H,12-15,19-20H2,1-2H3,(H,28,31). The summed E-state index contributed by atoms with van der Waals surface area (Å²) >= 11 is 0. The van der Waals surface area contributed by atoms with E-state index in [1.165, 1.54) is 4.31 Å². The van der Waals surface area contributed by atoms with Crippen LogP contribution in [0.4, 0.5) is 11.4 Å². The largest absolute Gasteiger partial charge is 0.378 e. The molecule has 1 fully saturated rings. The van der Waals surface area contributed by atoms with Crippen LogP contribution in [0, 0.1) is 13.8 Å². The van der Waals surface area contributed by atoms with Gasteiger partial charge in [0.25, 0.3) is 10.0 Å². The molecule has 0 bridgehead atoms. The van der Waals surface area contributed by atoms with Crippen molar-refractivity contribution in [3.63, 3.8) is 0 Å². The molecule has 4 rings (SSSR count). The highest BCUT2D eigenvalue weighted by Gasteiger charge is 2.27. The summed E-state index contributed by atoms with van der Waals surface area (Å²) in [5.41, 5.74) is 4.39. The maximum Gasteiger partial charge on any atom is 0.264 e. The SMILES string of the molecule is Cc1cc(C)cc(N(CC(=O)NCc2ccc(N3CCOCC3)cc2)S(=O)(=O)c2ccccc2)c1. The number of anilines is 2. The fraction of sp³-hybridized carbons (Fsp3) is 0.296. The summed E-state index contributed by atoms with van der Waals surface area (Å²) in [6.07, 6.45) is 0. The zero-order chi connectivity index (χ0) is 24.8. The summed E-state index contributed by atoms with van der Waals surface area (Å²) < 4.78 is 33.6. The Morgan fingerprint density at radius 2 is 1.57 bits per heavy atom. The summed E-state index contributed by atoms with van der Waals surface area (Å²) in [7, 11) is -3.93. The molecule has 1 heterocycles. The Balaban J connectivity index is 1.48. The van der Waals surface area contributed by atoms with Crippen molar-refractivity contribution in [3.8, 4) is 0 Å². The summed E-state index contributed by atoms with van der Waals surface area (Å²) in [6, 6.07) is 21.8. The van der Waals surface area contributed by atoms with E-state index in [4.69, 9.17) is 4.74 Å². The highest BCUT2D eigenvalue weighted by Crippen LogP contribution is 2.26. The van der Waals surface area contributed by atoms with Crippen molar-refractivity contribution in [3.05, 3.63) is 89.5 Å². The first-order valence-electron chi connectivity index (χ1n) is 11.7. The van der Waals surface area contributed by atoms with E-state index < -0.39 is 10.0 Å². The van der Waals surface area contributed by atoms with Crippen LogP contribution in [0.2, 0.25) is 0 Å². The third-order valence-corrected chi connectivity index (χ3v) is 7.70. The number of carbonyl (C=O) groups excluding carboxylic acids is 1. The zero-order valence-corrected chi connectivity index (χ0v) is 20.9. The van der Waals surface area contributed by atoms with Gasteiger partial charge in [-0.25, -0.2) is 8.42 Å². The van der Waals surface area contributed by atoms with E-state index >= 15 is 0 Å². The molecule has 0 atom stereocenters. The lowest BCUT2D eigenvalue weighted by atomic mass is 10.1. The van der Waals surface area contributed by atoms with Gasteiger partial charge in [-0.2, -0.15) is 0 Å². The third-order valence-electron chi connectivity index (χ3n) is 5.92. The lowest BCUT2D eigenvalue weighted by molar-refractivity contribution is -0.119. The molecular formula is C27H31N3O4S. The second-order valence-corrected chi connectivity index (χ2v) is 10.6. The number of nitrogens with zero attached hydrogens (tertiary/aromatic N) is 2. The second-order valence-electron chi connectivity index (χ2n) is 8.71. The van der Waals surface area contributed by atoms with E-state index in [-0.39, 0.29) is 17.3 Å². The Hall–Kier alpha value is -3.36. The number of aryl methyl sites for hydroxylation is 2. The molecule has 35 heavy (non-hydrogen) atoms.